The Balaban J connectivity index is 1.89. The molecule has 0 aliphatic carbocycles. The minimum atomic E-state index is -4.61. The molecule has 2 aromatic heterocycles. The SMILES string of the molecule is Cc1cc(C2(C(F)(F)F)CCO2)c(Cl)cc1-c1cc(=O)c2c(C(N)=O)nccc2[nH]1. The summed E-state index contributed by atoms with van der Waals surface area (Å²) in [7, 11) is 0. The third-order valence-electron chi connectivity index (χ3n) is 5.28. The quantitative estimate of drug-likeness (QED) is 0.650. The second kappa shape index (κ2) is 6.82. The number of aryl methyl sites for hydroxylation is 1. The van der Waals surface area contributed by atoms with E-state index in [2.05, 4.69) is 9.97 Å². The first kappa shape index (κ1) is 20.4. The van der Waals surface area contributed by atoms with Gasteiger partial charge in [-0.15, -0.1) is 0 Å². The van der Waals surface area contributed by atoms with Gasteiger partial charge in [-0.2, -0.15) is 13.2 Å². The molecule has 1 unspecified atom stereocenters. The maximum absolute atomic E-state index is 13.6. The Morgan fingerprint density at radius 2 is 2.03 bits per heavy atom. The topological polar surface area (TPSA) is 98.1 Å². The fourth-order valence-electron chi connectivity index (χ4n) is 3.71. The highest BCUT2D eigenvalue weighted by Crippen LogP contribution is 2.52. The number of benzene rings is 1. The number of fused-ring (bicyclic) bond motifs is 1. The number of nitrogens with two attached hydrogens (primary N) is 1. The van der Waals surface area contributed by atoms with Crippen molar-refractivity contribution >= 4 is 28.4 Å². The molecule has 6 nitrogen and oxygen atoms in total. The second-order valence-electron chi connectivity index (χ2n) is 7.06. The molecule has 0 bridgehead atoms. The van der Waals surface area contributed by atoms with Crippen LogP contribution in [0.2, 0.25) is 5.02 Å². The van der Waals surface area contributed by atoms with Crippen LogP contribution in [0.3, 0.4) is 0 Å². The van der Waals surface area contributed by atoms with E-state index in [0.717, 1.165) is 0 Å². The normalized spacial score (nSPS) is 19.0. The van der Waals surface area contributed by atoms with Gasteiger partial charge in [-0.25, -0.2) is 0 Å². The molecule has 1 aliphatic rings. The summed E-state index contributed by atoms with van der Waals surface area (Å²) in [5.41, 5.74) is 3.57. The number of nitrogens with zero attached hydrogens (tertiary/aromatic N) is 1. The third kappa shape index (κ3) is 2.96. The van der Waals surface area contributed by atoms with Crippen LogP contribution in [0.1, 0.15) is 28.0 Å². The van der Waals surface area contributed by atoms with Crippen molar-refractivity contribution in [1.82, 2.24) is 9.97 Å². The van der Waals surface area contributed by atoms with Crippen molar-refractivity contribution in [2.75, 3.05) is 6.61 Å². The predicted molar refractivity (Wildman–Crippen MR) is 104 cm³/mol. The van der Waals surface area contributed by atoms with E-state index in [4.69, 9.17) is 22.1 Å². The average Bonchev–Trinajstić information content (AvgIpc) is 2.61. The zero-order chi connectivity index (χ0) is 21.8. The lowest BCUT2D eigenvalue weighted by molar-refractivity contribution is -0.333. The van der Waals surface area contributed by atoms with E-state index >= 15 is 0 Å². The third-order valence-corrected chi connectivity index (χ3v) is 5.59. The van der Waals surface area contributed by atoms with E-state index in [9.17, 15) is 22.8 Å². The molecule has 1 aliphatic heterocycles. The summed E-state index contributed by atoms with van der Waals surface area (Å²) in [6.07, 6.45) is -3.50. The molecule has 0 spiro atoms. The summed E-state index contributed by atoms with van der Waals surface area (Å²) < 4.78 is 45.8. The van der Waals surface area contributed by atoms with Gasteiger partial charge in [0.25, 0.3) is 5.91 Å². The Bertz CT molecular complexity index is 1250. The summed E-state index contributed by atoms with van der Waals surface area (Å²) in [4.78, 5) is 31.0. The monoisotopic (exact) mass is 437 g/mol. The zero-order valence-corrected chi connectivity index (χ0v) is 16.3. The van der Waals surface area contributed by atoms with Gasteiger partial charge in [-0.3, -0.25) is 14.6 Å². The fraction of sp³-hybridized carbons (Fsp3) is 0.250. The molecule has 4 rings (SSSR count). The van der Waals surface area contributed by atoms with Crippen LogP contribution in [0.5, 0.6) is 0 Å². The van der Waals surface area contributed by atoms with Crippen molar-refractivity contribution in [3.05, 3.63) is 62.5 Å². The highest BCUT2D eigenvalue weighted by atomic mass is 35.5. The second-order valence-corrected chi connectivity index (χ2v) is 7.47. The van der Waals surface area contributed by atoms with Gasteiger partial charge in [-0.1, -0.05) is 17.7 Å². The van der Waals surface area contributed by atoms with Crippen molar-refractivity contribution in [1.29, 1.82) is 0 Å². The van der Waals surface area contributed by atoms with Crippen LogP contribution in [0.15, 0.2) is 35.3 Å². The van der Waals surface area contributed by atoms with E-state index in [-0.39, 0.29) is 34.7 Å². The highest BCUT2D eigenvalue weighted by molar-refractivity contribution is 6.31. The number of ether oxygens (including phenoxy) is 1. The summed E-state index contributed by atoms with van der Waals surface area (Å²) in [5.74, 6) is -0.847. The van der Waals surface area contributed by atoms with Crippen LogP contribution >= 0.6 is 11.6 Å². The number of H-pyrrole nitrogens is 1. The van der Waals surface area contributed by atoms with Crippen LogP contribution in [0.25, 0.3) is 22.2 Å². The minimum Gasteiger partial charge on any atom is -0.364 e. The van der Waals surface area contributed by atoms with Crippen molar-refractivity contribution in [2.24, 2.45) is 5.73 Å². The molecule has 1 saturated heterocycles. The highest BCUT2D eigenvalue weighted by Gasteiger charge is 2.62. The van der Waals surface area contributed by atoms with Crippen molar-refractivity contribution < 1.29 is 22.7 Å². The number of hydrogen-bond donors (Lipinski definition) is 2. The molecule has 1 atom stereocenters. The largest absolute Gasteiger partial charge is 0.421 e. The lowest BCUT2D eigenvalue weighted by Gasteiger charge is -2.44. The molecular weight excluding hydrogens is 423 g/mol. The van der Waals surface area contributed by atoms with Crippen molar-refractivity contribution in [3.8, 4) is 11.3 Å². The summed E-state index contributed by atoms with van der Waals surface area (Å²) >= 11 is 6.24. The van der Waals surface area contributed by atoms with E-state index in [0.29, 0.717) is 22.3 Å². The molecule has 1 fully saturated rings. The molecule has 0 saturated carbocycles. The molecule has 10 heteroatoms. The van der Waals surface area contributed by atoms with Crippen molar-refractivity contribution in [2.45, 2.75) is 25.1 Å². The first-order chi connectivity index (χ1) is 14.0. The average molecular weight is 438 g/mol. The smallest absolute Gasteiger partial charge is 0.364 e. The lowest BCUT2D eigenvalue weighted by atomic mass is 9.84. The maximum atomic E-state index is 13.6. The van der Waals surface area contributed by atoms with Gasteiger partial charge in [0.05, 0.1) is 23.2 Å². The number of alkyl halides is 3. The number of aromatic amines is 1. The van der Waals surface area contributed by atoms with Gasteiger partial charge >= 0.3 is 6.18 Å². The Hall–Kier alpha value is -2.91. The number of hydrogen-bond acceptors (Lipinski definition) is 4. The number of amides is 1. The zero-order valence-electron chi connectivity index (χ0n) is 15.6. The molecule has 3 N–H and O–H groups in total. The van der Waals surface area contributed by atoms with Gasteiger partial charge in [-0.05, 0) is 24.6 Å². The Morgan fingerprint density at radius 3 is 2.60 bits per heavy atom. The standard InChI is InChI=1S/C20H15ClF3N3O3/c1-9-6-11(19(3-5-30-19)20(22,23)24)12(21)7-10(9)14-8-15(28)16-13(27-14)2-4-26-17(16)18(25)29/h2,4,6-8H,3,5H2,1H3,(H2,25,29)(H,27,28). The first-order valence-electron chi connectivity index (χ1n) is 8.89. The number of rotatable bonds is 3. The Labute approximate surface area is 172 Å². The molecule has 3 aromatic rings. The molecule has 30 heavy (non-hydrogen) atoms. The van der Waals surface area contributed by atoms with E-state index < -0.39 is 23.1 Å². The first-order valence-corrected chi connectivity index (χ1v) is 9.26. The lowest BCUT2D eigenvalue weighted by Crippen LogP contribution is -2.52. The Kier molecular flexibility index (Phi) is 4.63. The van der Waals surface area contributed by atoms with Crippen LogP contribution in [0, 0.1) is 6.92 Å². The number of aromatic nitrogens is 2. The van der Waals surface area contributed by atoms with Crippen LogP contribution < -0.4 is 11.2 Å². The van der Waals surface area contributed by atoms with Crippen LogP contribution in [-0.2, 0) is 10.3 Å². The van der Waals surface area contributed by atoms with Gasteiger partial charge in [0.15, 0.2) is 11.0 Å². The van der Waals surface area contributed by atoms with Gasteiger partial charge in [0.1, 0.15) is 5.69 Å². The molecule has 3 heterocycles. The van der Waals surface area contributed by atoms with Gasteiger partial charge in [0, 0.05) is 34.8 Å². The minimum absolute atomic E-state index is 0.00906. The molecule has 156 valence electrons. The number of pyridine rings is 2. The van der Waals surface area contributed by atoms with E-state index in [1.807, 2.05) is 0 Å². The number of halogens is 4. The van der Waals surface area contributed by atoms with Crippen LogP contribution in [-0.4, -0.2) is 28.7 Å². The van der Waals surface area contributed by atoms with Gasteiger partial charge < -0.3 is 15.5 Å². The van der Waals surface area contributed by atoms with E-state index in [1.54, 1.807) is 6.92 Å². The molecule has 1 aromatic carbocycles. The molecular formula is C20H15ClF3N3O3. The van der Waals surface area contributed by atoms with Gasteiger partial charge in [0.2, 0.25) is 0 Å². The number of carbonyl (C=O) groups is 1. The summed E-state index contributed by atoms with van der Waals surface area (Å²) in [6, 6.07) is 5.43. The summed E-state index contributed by atoms with van der Waals surface area (Å²) in [5, 5.41) is -0.0888. The predicted octanol–water partition coefficient (Wildman–Crippen LogP) is 3.83. The van der Waals surface area contributed by atoms with Crippen molar-refractivity contribution in [3.63, 3.8) is 0 Å². The fourth-order valence-corrected chi connectivity index (χ4v) is 4.02. The number of primary amides is 1. The Morgan fingerprint density at radius 1 is 1.33 bits per heavy atom. The molecule has 0 radical (unpaired) electrons. The maximum Gasteiger partial charge on any atom is 0.421 e. The van der Waals surface area contributed by atoms with E-state index in [1.165, 1.54) is 30.5 Å². The molecule has 1 amide bonds. The number of nitrogens with one attached hydrogen (secondary N) is 1. The number of carbonyl (C=O) groups excluding carboxylic acids is 1. The summed E-state index contributed by atoms with van der Waals surface area (Å²) in [6.45, 7) is 1.60. The van der Waals surface area contributed by atoms with Crippen LogP contribution in [0.4, 0.5) is 13.2 Å².